The SMILES string of the molecule is CNC1CC2(CCCCC2)Oc2c1ccc(OC)c2OC. The molecule has 21 heavy (non-hydrogen) atoms. The molecule has 0 bridgehead atoms. The molecule has 0 amide bonds. The summed E-state index contributed by atoms with van der Waals surface area (Å²) >= 11 is 0. The molecular formula is C17H25NO3. The summed E-state index contributed by atoms with van der Waals surface area (Å²) in [6, 6.07) is 4.37. The smallest absolute Gasteiger partial charge is 0.203 e. The zero-order valence-electron chi connectivity index (χ0n) is 13.2. The fourth-order valence-electron chi connectivity index (χ4n) is 3.79. The van der Waals surface area contributed by atoms with Crippen molar-refractivity contribution in [1.29, 1.82) is 0 Å². The molecule has 1 aromatic rings. The summed E-state index contributed by atoms with van der Waals surface area (Å²) in [6.45, 7) is 0. The van der Waals surface area contributed by atoms with Gasteiger partial charge >= 0.3 is 0 Å². The molecule has 1 spiro atoms. The lowest BCUT2D eigenvalue weighted by molar-refractivity contribution is -0.00429. The Morgan fingerprint density at radius 1 is 1.14 bits per heavy atom. The van der Waals surface area contributed by atoms with Crippen LogP contribution in [0.3, 0.4) is 0 Å². The van der Waals surface area contributed by atoms with E-state index >= 15 is 0 Å². The van der Waals surface area contributed by atoms with Crippen molar-refractivity contribution in [1.82, 2.24) is 5.32 Å². The highest BCUT2D eigenvalue weighted by atomic mass is 16.5. The Morgan fingerprint density at radius 3 is 2.52 bits per heavy atom. The van der Waals surface area contributed by atoms with Crippen LogP contribution in [0, 0.1) is 0 Å². The Kier molecular flexibility index (Phi) is 3.98. The molecule has 1 heterocycles. The van der Waals surface area contributed by atoms with Crippen LogP contribution in [0.25, 0.3) is 0 Å². The number of rotatable bonds is 3. The lowest BCUT2D eigenvalue weighted by Crippen LogP contribution is -2.45. The van der Waals surface area contributed by atoms with Crippen molar-refractivity contribution in [3.05, 3.63) is 17.7 Å². The van der Waals surface area contributed by atoms with Crippen LogP contribution >= 0.6 is 0 Å². The largest absolute Gasteiger partial charge is 0.493 e. The molecule has 4 nitrogen and oxygen atoms in total. The van der Waals surface area contributed by atoms with E-state index in [2.05, 4.69) is 11.4 Å². The monoisotopic (exact) mass is 291 g/mol. The third-order valence-electron chi connectivity index (χ3n) is 4.91. The van der Waals surface area contributed by atoms with E-state index < -0.39 is 0 Å². The van der Waals surface area contributed by atoms with Gasteiger partial charge < -0.3 is 19.5 Å². The van der Waals surface area contributed by atoms with Crippen LogP contribution in [0.5, 0.6) is 17.2 Å². The molecule has 1 aromatic carbocycles. The maximum Gasteiger partial charge on any atom is 0.203 e. The van der Waals surface area contributed by atoms with Crippen molar-refractivity contribution >= 4 is 0 Å². The first-order valence-corrected chi connectivity index (χ1v) is 7.84. The zero-order chi connectivity index (χ0) is 14.9. The molecule has 0 radical (unpaired) electrons. The predicted molar refractivity (Wildman–Crippen MR) is 82.4 cm³/mol. The van der Waals surface area contributed by atoms with Gasteiger partial charge in [-0.1, -0.05) is 6.42 Å². The van der Waals surface area contributed by atoms with Gasteiger partial charge in [-0.05, 0) is 44.9 Å². The topological polar surface area (TPSA) is 39.7 Å². The lowest BCUT2D eigenvalue weighted by Gasteiger charge is -2.45. The maximum atomic E-state index is 6.51. The van der Waals surface area contributed by atoms with E-state index in [1.54, 1.807) is 14.2 Å². The molecule has 1 aliphatic carbocycles. The van der Waals surface area contributed by atoms with Crippen LogP contribution in [0.1, 0.15) is 50.1 Å². The van der Waals surface area contributed by atoms with E-state index in [4.69, 9.17) is 14.2 Å². The first kappa shape index (κ1) is 14.5. The number of fused-ring (bicyclic) bond motifs is 1. The number of hydrogen-bond acceptors (Lipinski definition) is 4. The normalized spacial score (nSPS) is 23.3. The molecule has 1 N–H and O–H groups in total. The molecule has 0 saturated heterocycles. The first-order valence-electron chi connectivity index (χ1n) is 7.84. The van der Waals surface area contributed by atoms with Crippen molar-refractivity contribution < 1.29 is 14.2 Å². The molecule has 0 aromatic heterocycles. The number of nitrogens with one attached hydrogen (secondary N) is 1. The first-order chi connectivity index (χ1) is 10.2. The highest BCUT2D eigenvalue weighted by Gasteiger charge is 2.43. The van der Waals surface area contributed by atoms with E-state index in [0.29, 0.717) is 6.04 Å². The fraction of sp³-hybridized carbons (Fsp3) is 0.647. The Morgan fingerprint density at radius 2 is 1.90 bits per heavy atom. The molecular weight excluding hydrogens is 266 g/mol. The van der Waals surface area contributed by atoms with Crippen LogP contribution in [0.4, 0.5) is 0 Å². The van der Waals surface area contributed by atoms with E-state index in [9.17, 15) is 0 Å². The molecule has 1 fully saturated rings. The van der Waals surface area contributed by atoms with Gasteiger partial charge in [0.25, 0.3) is 0 Å². The third-order valence-corrected chi connectivity index (χ3v) is 4.91. The lowest BCUT2D eigenvalue weighted by atomic mass is 9.77. The minimum Gasteiger partial charge on any atom is -0.493 e. The van der Waals surface area contributed by atoms with Gasteiger partial charge in [0.15, 0.2) is 11.5 Å². The molecule has 2 aliphatic rings. The Balaban J connectivity index is 2.06. The molecule has 1 aliphatic heterocycles. The zero-order valence-corrected chi connectivity index (χ0v) is 13.2. The Hall–Kier alpha value is -1.42. The summed E-state index contributed by atoms with van der Waals surface area (Å²) in [5.74, 6) is 2.32. The molecule has 1 atom stereocenters. The fourth-order valence-corrected chi connectivity index (χ4v) is 3.79. The van der Waals surface area contributed by atoms with Gasteiger partial charge in [0.2, 0.25) is 5.75 Å². The highest BCUT2D eigenvalue weighted by Crippen LogP contribution is 2.52. The van der Waals surface area contributed by atoms with Gasteiger partial charge in [0.1, 0.15) is 5.60 Å². The summed E-state index contributed by atoms with van der Waals surface area (Å²) in [6.07, 6.45) is 7.11. The highest BCUT2D eigenvalue weighted by molar-refractivity contribution is 5.58. The number of ether oxygens (including phenoxy) is 3. The summed E-state index contributed by atoms with van der Waals surface area (Å²) < 4.78 is 17.5. The molecule has 4 heteroatoms. The van der Waals surface area contributed by atoms with Crippen LogP contribution in [-0.4, -0.2) is 26.9 Å². The molecule has 1 unspecified atom stereocenters. The van der Waals surface area contributed by atoms with Crippen molar-refractivity contribution in [2.45, 2.75) is 50.2 Å². The third kappa shape index (κ3) is 2.46. The standard InChI is InChI=1S/C17H25NO3/c1-18-13-11-17(9-5-4-6-10-17)21-15-12(13)7-8-14(19-2)16(15)20-3/h7-8,13,18H,4-6,9-11H2,1-3H3. The van der Waals surface area contributed by atoms with Crippen molar-refractivity contribution in [2.75, 3.05) is 21.3 Å². The van der Waals surface area contributed by atoms with Crippen molar-refractivity contribution in [2.24, 2.45) is 0 Å². The van der Waals surface area contributed by atoms with E-state index in [1.165, 1.54) is 24.8 Å². The summed E-state index contributed by atoms with van der Waals surface area (Å²) in [4.78, 5) is 0. The van der Waals surface area contributed by atoms with Gasteiger partial charge in [-0.2, -0.15) is 0 Å². The summed E-state index contributed by atoms with van der Waals surface area (Å²) in [5, 5.41) is 3.44. The van der Waals surface area contributed by atoms with Gasteiger partial charge in [0.05, 0.1) is 14.2 Å². The Bertz CT molecular complexity index is 509. The van der Waals surface area contributed by atoms with E-state index in [-0.39, 0.29) is 5.60 Å². The maximum absolute atomic E-state index is 6.51. The minimum atomic E-state index is -0.0431. The van der Waals surface area contributed by atoms with Crippen LogP contribution in [0.2, 0.25) is 0 Å². The Labute approximate surface area is 126 Å². The number of hydrogen-bond donors (Lipinski definition) is 1. The predicted octanol–water partition coefficient (Wildman–Crippen LogP) is 3.45. The molecule has 116 valence electrons. The summed E-state index contributed by atoms with van der Waals surface area (Å²) in [7, 11) is 5.37. The minimum absolute atomic E-state index is 0.0431. The van der Waals surface area contributed by atoms with Gasteiger partial charge in [-0.3, -0.25) is 0 Å². The van der Waals surface area contributed by atoms with Gasteiger partial charge in [-0.25, -0.2) is 0 Å². The van der Waals surface area contributed by atoms with Crippen molar-refractivity contribution in [3.8, 4) is 17.2 Å². The summed E-state index contributed by atoms with van der Waals surface area (Å²) in [5.41, 5.74) is 1.13. The number of benzene rings is 1. The van der Waals surface area contributed by atoms with Crippen molar-refractivity contribution in [3.63, 3.8) is 0 Å². The van der Waals surface area contributed by atoms with Gasteiger partial charge in [-0.15, -0.1) is 0 Å². The van der Waals surface area contributed by atoms with Crippen LogP contribution < -0.4 is 19.5 Å². The quantitative estimate of drug-likeness (QED) is 0.926. The molecule has 3 rings (SSSR count). The second-order valence-electron chi connectivity index (χ2n) is 6.11. The number of methoxy groups -OCH3 is 2. The van der Waals surface area contributed by atoms with E-state index in [1.807, 2.05) is 13.1 Å². The molecule has 1 saturated carbocycles. The second kappa shape index (κ2) is 5.76. The van der Waals surface area contributed by atoms with E-state index in [0.717, 1.165) is 36.5 Å². The average molecular weight is 291 g/mol. The second-order valence-corrected chi connectivity index (χ2v) is 6.11. The average Bonchev–Trinajstić information content (AvgIpc) is 2.53. The van der Waals surface area contributed by atoms with Gasteiger partial charge in [0, 0.05) is 18.0 Å². The van der Waals surface area contributed by atoms with Crippen LogP contribution in [0.15, 0.2) is 12.1 Å². The van der Waals surface area contributed by atoms with Crippen LogP contribution in [-0.2, 0) is 0 Å².